The van der Waals surface area contributed by atoms with E-state index in [0.717, 1.165) is 0 Å². The number of hydrogen-bond donors (Lipinski definition) is 0. The van der Waals surface area contributed by atoms with Gasteiger partial charge in [-0.05, 0) is 86.6 Å². The number of aromatic nitrogens is 1. The Morgan fingerprint density at radius 2 is 1.02 bits per heavy atom. The Hall–Kier alpha value is -4.88. The van der Waals surface area contributed by atoms with Gasteiger partial charge in [0.15, 0.2) is 0 Å². The van der Waals surface area contributed by atoms with Crippen LogP contribution in [0.5, 0.6) is 0 Å². The SMILES string of the molecule is Cc1ccc(-c2ccc3ccc4c(-c5ccc(C)cc5)cc(-c5cc6ccccc6n5C)c5ccc2c3c45)cc1. The number of benzene rings is 7. The molecule has 40 heavy (non-hydrogen) atoms. The minimum Gasteiger partial charge on any atom is -0.344 e. The normalized spacial score (nSPS) is 11.9. The summed E-state index contributed by atoms with van der Waals surface area (Å²) in [6.07, 6.45) is 0. The van der Waals surface area contributed by atoms with E-state index >= 15 is 0 Å². The summed E-state index contributed by atoms with van der Waals surface area (Å²) in [6, 6.07) is 45.3. The number of fused-ring (bicyclic) bond motifs is 1. The molecule has 0 radical (unpaired) electrons. The van der Waals surface area contributed by atoms with Crippen LogP contribution in [-0.4, -0.2) is 4.57 Å². The molecule has 0 N–H and O–H groups in total. The number of hydrogen-bond acceptors (Lipinski definition) is 0. The molecule has 8 aromatic rings. The summed E-state index contributed by atoms with van der Waals surface area (Å²) in [5, 5.41) is 9.17. The molecule has 0 atom stereocenters. The standard InChI is InChI=1S/C39H29N/c1-24-8-12-26(13-9-24)30-18-16-28-17-19-32-34(27-14-10-25(2)11-15-27)23-35(33-21-20-31(30)38(28)39(32)33)37-22-29-6-4-5-7-36(29)40(37)3/h4-23H,1-3H3. The lowest BCUT2D eigenvalue weighted by Crippen LogP contribution is -1.95. The molecule has 0 fully saturated rings. The van der Waals surface area contributed by atoms with E-state index < -0.39 is 0 Å². The highest BCUT2D eigenvalue weighted by Gasteiger charge is 2.20. The molecule has 0 aliphatic rings. The summed E-state index contributed by atoms with van der Waals surface area (Å²) in [4.78, 5) is 0. The Kier molecular flexibility index (Phi) is 4.93. The van der Waals surface area contributed by atoms with Crippen LogP contribution in [0.3, 0.4) is 0 Å². The molecule has 1 heteroatoms. The quantitative estimate of drug-likeness (QED) is 0.208. The van der Waals surface area contributed by atoms with Crippen molar-refractivity contribution in [2.45, 2.75) is 13.8 Å². The second kappa shape index (κ2) is 8.56. The highest BCUT2D eigenvalue weighted by molar-refractivity contribution is 6.30. The van der Waals surface area contributed by atoms with Gasteiger partial charge >= 0.3 is 0 Å². The van der Waals surface area contributed by atoms with E-state index in [1.54, 1.807) is 0 Å². The average molecular weight is 512 g/mol. The van der Waals surface area contributed by atoms with Crippen molar-refractivity contribution < 1.29 is 0 Å². The summed E-state index contributed by atoms with van der Waals surface area (Å²) >= 11 is 0. The van der Waals surface area contributed by atoms with Gasteiger partial charge < -0.3 is 4.57 Å². The molecule has 0 saturated carbocycles. The van der Waals surface area contributed by atoms with Gasteiger partial charge in [-0.3, -0.25) is 0 Å². The monoisotopic (exact) mass is 511 g/mol. The smallest absolute Gasteiger partial charge is 0.0495 e. The summed E-state index contributed by atoms with van der Waals surface area (Å²) in [5.41, 5.74) is 11.4. The van der Waals surface area contributed by atoms with Gasteiger partial charge in [0, 0.05) is 29.2 Å². The van der Waals surface area contributed by atoms with Gasteiger partial charge in [-0.2, -0.15) is 0 Å². The van der Waals surface area contributed by atoms with Crippen molar-refractivity contribution in [3.05, 3.63) is 132 Å². The Labute approximate surface area is 234 Å². The van der Waals surface area contributed by atoms with E-state index in [1.165, 1.54) is 87.9 Å². The van der Waals surface area contributed by atoms with Crippen LogP contribution in [0.1, 0.15) is 11.1 Å². The lowest BCUT2D eigenvalue weighted by atomic mass is 9.84. The third-order valence-corrected chi connectivity index (χ3v) is 8.73. The molecule has 190 valence electrons. The van der Waals surface area contributed by atoms with E-state index in [1.807, 2.05) is 0 Å². The maximum absolute atomic E-state index is 2.42. The number of rotatable bonds is 3. The molecule has 1 heterocycles. The van der Waals surface area contributed by atoms with Crippen LogP contribution in [0.25, 0.3) is 76.7 Å². The maximum Gasteiger partial charge on any atom is 0.0495 e. The molecule has 0 bridgehead atoms. The van der Waals surface area contributed by atoms with Crippen LogP contribution < -0.4 is 0 Å². The molecule has 0 aliphatic carbocycles. The number of nitrogens with zero attached hydrogens (tertiary/aromatic N) is 1. The Morgan fingerprint density at radius 1 is 0.450 bits per heavy atom. The zero-order chi connectivity index (χ0) is 27.0. The molecule has 0 amide bonds. The molecule has 7 aromatic carbocycles. The molecule has 0 spiro atoms. The molecular formula is C39H29N. The Morgan fingerprint density at radius 3 is 1.73 bits per heavy atom. The summed E-state index contributed by atoms with van der Waals surface area (Å²) in [5.74, 6) is 0. The summed E-state index contributed by atoms with van der Waals surface area (Å²) in [7, 11) is 2.19. The van der Waals surface area contributed by atoms with Crippen molar-refractivity contribution in [3.63, 3.8) is 0 Å². The van der Waals surface area contributed by atoms with Crippen molar-refractivity contribution in [1.29, 1.82) is 0 Å². The summed E-state index contributed by atoms with van der Waals surface area (Å²) < 4.78 is 2.35. The minimum absolute atomic E-state index is 1.24. The second-order valence-corrected chi connectivity index (χ2v) is 11.2. The fourth-order valence-electron chi connectivity index (χ4n) is 6.61. The predicted molar refractivity (Wildman–Crippen MR) is 172 cm³/mol. The van der Waals surface area contributed by atoms with Crippen LogP contribution in [0.15, 0.2) is 121 Å². The first-order valence-electron chi connectivity index (χ1n) is 14.0. The molecule has 0 saturated heterocycles. The predicted octanol–water partition coefficient (Wildman–Crippen LogP) is 10.7. The van der Waals surface area contributed by atoms with Crippen molar-refractivity contribution in [2.75, 3.05) is 0 Å². The minimum atomic E-state index is 1.24. The third-order valence-electron chi connectivity index (χ3n) is 8.73. The van der Waals surface area contributed by atoms with Crippen molar-refractivity contribution >= 4 is 43.2 Å². The average Bonchev–Trinajstić information content (AvgIpc) is 3.32. The van der Waals surface area contributed by atoms with E-state index in [2.05, 4.69) is 147 Å². The molecule has 1 aromatic heterocycles. The molecular weight excluding hydrogens is 482 g/mol. The van der Waals surface area contributed by atoms with Gasteiger partial charge in [0.2, 0.25) is 0 Å². The molecule has 8 rings (SSSR count). The first kappa shape index (κ1) is 23.0. The van der Waals surface area contributed by atoms with Gasteiger partial charge in [-0.25, -0.2) is 0 Å². The third kappa shape index (κ3) is 3.34. The maximum atomic E-state index is 2.42. The zero-order valence-corrected chi connectivity index (χ0v) is 23.0. The fourth-order valence-corrected chi connectivity index (χ4v) is 6.61. The van der Waals surface area contributed by atoms with Crippen molar-refractivity contribution in [3.8, 4) is 33.5 Å². The van der Waals surface area contributed by atoms with Crippen molar-refractivity contribution in [1.82, 2.24) is 4.57 Å². The van der Waals surface area contributed by atoms with Gasteiger partial charge in [-0.15, -0.1) is 0 Å². The molecule has 0 aliphatic heterocycles. The highest BCUT2D eigenvalue weighted by atomic mass is 14.9. The van der Waals surface area contributed by atoms with Gasteiger partial charge in [0.25, 0.3) is 0 Å². The van der Waals surface area contributed by atoms with E-state index in [-0.39, 0.29) is 0 Å². The fraction of sp³-hybridized carbons (Fsp3) is 0.0769. The Bertz CT molecular complexity index is 2210. The first-order valence-corrected chi connectivity index (χ1v) is 14.0. The van der Waals surface area contributed by atoms with E-state index in [4.69, 9.17) is 0 Å². The van der Waals surface area contributed by atoms with Crippen LogP contribution in [-0.2, 0) is 7.05 Å². The van der Waals surface area contributed by atoms with Crippen LogP contribution in [0, 0.1) is 13.8 Å². The molecule has 0 unspecified atom stereocenters. The van der Waals surface area contributed by atoms with Crippen LogP contribution in [0.4, 0.5) is 0 Å². The van der Waals surface area contributed by atoms with Crippen molar-refractivity contribution in [2.24, 2.45) is 7.05 Å². The van der Waals surface area contributed by atoms with Gasteiger partial charge in [-0.1, -0.05) is 114 Å². The topological polar surface area (TPSA) is 4.93 Å². The van der Waals surface area contributed by atoms with Gasteiger partial charge in [0.1, 0.15) is 0 Å². The lowest BCUT2D eigenvalue weighted by molar-refractivity contribution is 0.980. The van der Waals surface area contributed by atoms with Crippen LogP contribution in [0.2, 0.25) is 0 Å². The largest absolute Gasteiger partial charge is 0.344 e. The number of aryl methyl sites for hydroxylation is 3. The van der Waals surface area contributed by atoms with Gasteiger partial charge in [0.05, 0.1) is 0 Å². The molecule has 1 nitrogen and oxygen atoms in total. The van der Waals surface area contributed by atoms with Crippen LogP contribution >= 0.6 is 0 Å². The number of para-hydroxylation sites is 1. The van der Waals surface area contributed by atoms with E-state index in [9.17, 15) is 0 Å². The zero-order valence-electron chi connectivity index (χ0n) is 23.0. The first-order chi connectivity index (χ1) is 19.6. The highest BCUT2D eigenvalue weighted by Crippen LogP contribution is 2.46. The lowest BCUT2D eigenvalue weighted by Gasteiger charge is -2.20. The van der Waals surface area contributed by atoms with E-state index in [0.29, 0.717) is 0 Å². The summed E-state index contributed by atoms with van der Waals surface area (Å²) in [6.45, 7) is 4.30. The Balaban J connectivity index is 1.53. The second-order valence-electron chi connectivity index (χ2n) is 11.2.